The van der Waals surface area contributed by atoms with Crippen LogP contribution in [0.1, 0.15) is 105 Å². The summed E-state index contributed by atoms with van der Waals surface area (Å²) >= 11 is 0. The summed E-state index contributed by atoms with van der Waals surface area (Å²) in [6.07, 6.45) is 18.0. The molecule has 0 spiro atoms. The minimum Gasteiger partial charge on any atom is -0.394 e. The number of ether oxygens (including phenoxy) is 1. The Morgan fingerprint density at radius 3 is 2.58 bits per heavy atom. The first-order chi connectivity index (χ1) is 14.8. The average Bonchev–Trinajstić information content (AvgIpc) is 3.09. The molecule has 2 heteroatoms. The van der Waals surface area contributed by atoms with Gasteiger partial charge < -0.3 is 9.84 Å². The standard InChI is InChI=1S/C29H50O2/c1-20(2)7-6-8-21(3)25-11-12-26-24-10-9-22-19-23(31-18-17-30)13-15-28(22,4)27(24)14-16-29(25,26)5/h9,20-21,23-27,30H,6-8,10-19H2,1-5H3/t21?,23?,24?,25-,26?,27?,28+,29-/m1/s1. The SMILES string of the molecule is CC(C)CCCC(C)[C@H]1CCC2C3CC=C4CC(OCCO)CC[C@]4(C)C3CC[C@@]21C. The predicted molar refractivity (Wildman–Crippen MR) is 130 cm³/mol. The Morgan fingerprint density at radius 1 is 1.03 bits per heavy atom. The van der Waals surface area contributed by atoms with Crippen LogP contribution in [0.2, 0.25) is 0 Å². The van der Waals surface area contributed by atoms with Gasteiger partial charge in [-0.3, -0.25) is 0 Å². The Bertz CT molecular complexity index is 639. The van der Waals surface area contributed by atoms with Crippen molar-refractivity contribution in [2.75, 3.05) is 13.2 Å². The van der Waals surface area contributed by atoms with Crippen LogP contribution in [0.3, 0.4) is 0 Å². The second-order valence-electron chi connectivity index (χ2n) is 12.7. The highest BCUT2D eigenvalue weighted by Crippen LogP contribution is 2.67. The van der Waals surface area contributed by atoms with Gasteiger partial charge in [-0.1, -0.05) is 65.5 Å². The summed E-state index contributed by atoms with van der Waals surface area (Å²) < 4.78 is 5.94. The van der Waals surface area contributed by atoms with Gasteiger partial charge in [0.25, 0.3) is 0 Å². The molecule has 31 heavy (non-hydrogen) atoms. The van der Waals surface area contributed by atoms with Crippen LogP contribution in [-0.2, 0) is 4.74 Å². The van der Waals surface area contributed by atoms with E-state index in [4.69, 9.17) is 9.84 Å². The van der Waals surface area contributed by atoms with Gasteiger partial charge in [-0.05, 0) is 97.7 Å². The number of aliphatic hydroxyl groups excluding tert-OH is 1. The molecule has 0 radical (unpaired) electrons. The second kappa shape index (κ2) is 9.49. The quantitative estimate of drug-likeness (QED) is 0.406. The van der Waals surface area contributed by atoms with Crippen molar-refractivity contribution in [3.8, 4) is 0 Å². The first-order valence-electron chi connectivity index (χ1n) is 13.7. The van der Waals surface area contributed by atoms with Gasteiger partial charge in [-0.2, -0.15) is 0 Å². The minimum absolute atomic E-state index is 0.148. The van der Waals surface area contributed by atoms with Crippen molar-refractivity contribution in [3.63, 3.8) is 0 Å². The van der Waals surface area contributed by atoms with Crippen LogP contribution in [0.5, 0.6) is 0 Å². The molecule has 8 atom stereocenters. The third kappa shape index (κ3) is 4.42. The Kier molecular flexibility index (Phi) is 7.29. The molecular formula is C29H50O2. The van der Waals surface area contributed by atoms with Crippen molar-refractivity contribution in [3.05, 3.63) is 11.6 Å². The monoisotopic (exact) mass is 430 g/mol. The van der Waals surface area contributed by atoms with E-state index in [-0.39, 0.29) is 6.61 Å². The molecule has 2 nitrogen and oxygen atoms in total. The Labute approximate surface area is 192 Å². The lowest BCUT2D eigenvalue weighted by Gasteiger charge is -2.58. The van der Waals surface area contributed by atoms with Crippen molar-refractivity contribution in [2.45, 2.75) is 111 Å². The van der Waals surface area contributed by atoms with Gasteiger partial charge in [0.05, 0.1) is 19.3 Å². The molecule has 0 aliphatic heterocycles. The number of allylic oxidation sites excluding steroid dienone is 1. The molecule has 0 aromatic rings. The molecule has 178 valence electrons. The summed E-state index contributed by atoms with van der Waals surface area (Å²) in [7, 11) is 0. The van der Waals surface area contributed by atoms with Gasteiger partial charge in [0, 0.05) is 0 Å². The van der Waals surface area contributed by atoms with E-state index < -0.39 is 0 Å². The summed E-state index contributed by atoms with van der Waals surface area (Å²) in [5, 5.41) is 9.14. The van der Waals surface area contributed by atoms with Gasteiger partial charge in [-0.15, -0.1) is 0 Å². The molecule has 0 saturated heterocycles. The zero-order valence-corrected chi connectivity index (χ0v) is 21.2. The van der Waals surface area contributed by atoms with E-state index in [9.17, 15) is 0 Å². The maximum absolute atomic E-state index is 9.14. The Hall–Kier alpha value is -0.340. The lowest BCUT2D eigenvalue weighted by Crippen LogP contribution is -2.51. The van der Waals surface area contributed by atoms with Crippen LogP contribution in [0.4, 0.5) is 0 Å². The van der Waals surface area contributed by atoms with E-state index in [0.717, 1.165) is 41.9 Å². The fourth-order valence-electron chi connectivity index (χ4n) is 9.01. The van der Waals surface area contributed by atoms with Gasteiger partial charge in [0.1, 0.15) is 0 Å². The Balaban J connectivity index is 1.45. The number of aliphatic hydroxyl groups is 1. The molecule has 0 aromatic heterocycles. The molecule has 5 unspecified atom stereocenters. The van der Waals surface area contributed by atoms with Crippen molar-refractivity contribution >= 4 is 0 Å². The smallest absolute Gasteiger partial charge is 0.0701 e. The van der Waals surface area contributed by atoms with E-state index in [0.29, 0.717) is 23.5 Å². The topological polar surface area (TPSA) is 29.5 Å². The molecule has 1 N–H and O–H groups in total. The molecule has 0 amide bonds. The number of hydrogen-bond donors (Lipinski definition) is 1. The third-order valence-electron chi connectivity index (χ3n) is 10.7. The zero-order chi connectivity index (χ0) is 22.2. The van der Waals surface area contributed by atoms with Crippen LogP contribution < -0.4 is 0 Å². The summed E-state index contributed by atoms with van der Waals surface area (Å²) in [6.45, 7) is 13.3. The molecule has 4 aliphatic rings. The highest BCUT2D eigenvalue weighted by atomic mass is 16.5. The lowest BCUT2D eigenvalue weighted by molar-refractivity contribution is -0.0658. The summed E-state index contributed by atoms with van der Waals surface area (Å²) in [4.78, 5) is 0. The minimum atomic E-state index is 0.148. The number of fused-ring (bicyclic) bond motifs is 5. The summed E-state index contributed by atoms with van der Waals surface area (Å²) in [6, 6.07) is 0. The van der Waals surface area contributed by atoms with Crippen LogP contribution in [-0.4, -0.2) is 24.4 Å². The molecule has 4 aliphatic carbocycles. The zero-order valence-electron chi connectivity index (χ0n) is 21.2. The summed E-state index contributed by atoms with van der Waals surface area (Å²) in [5.74, 6) is 5.44. The van der Waals surface area contributed by atoms with E-state index in [1.54, 1.807) is 5.57 Å². The molecule has 3 fully saturated rings. The van der Waals surface area contributed by atoms with Crippen LogP contribution >= 0.6 is 0 Å². The van der Waals surface area contributed by atoms with E-state index in [1.165, 1.54) is 64.2 Å². The first kappa shape index (κ1) is 23.8. The van der Waals surface area contributed by atoms with Gasteiger partial charge in [-0.25, -0.2) is 0 Å². The number of hydrogen-bond acceptors (Lipinski definition) is 2. The predicted octanol–water partition coefficient (Wildman–Crippen LogP) is 7.41. The fourth-order valence-corrected chi connectivity index (χ4v) is 9.01. The third-order valence-corrected chi connectivity index (χ3v) is 10.7. The molecule has 0 bridgehead atoms. The lowest BCUT2D eigenvalue weighted by atomic mass is 9.47. The molecule has 0 heterocycles. The Morgan fingerprint density at radius 2 is 1.84 bits per heavy atom. The second-order valence-corrected chi connectivity index (χ2v) is 12.7. The van der Waals surface area contributed by atoms with Gasteiger partial charge in [0.2, 0.25) is 0 Å². The van der Waals surface area contributed by atoms with E-state index in [2.05, 4.69) is 40.7 Å². The fraction of sp³-hybridized carbons (Fsp3) is 0.931. The molecule has 3 saturated carbocycles. The maximum atomic E-state index is 9.14. The van der Waals surface area contributed by atoms with Crippen molar-refractivity contribution in [2.24, 2.45) is 46.3 Å². The maximum Gasteiger partial charge on any atom is 0.0701 e. The summed E-state index contributed by atoms with van der Waals surface area (Å²) in [5.41, 5.74) is 2.69. The normalized spacial score (nSPS) is 43.2. The van der Waals surface area contributed by atoms with E-state index >= 15 is 0 Å². The van der Waals surface area contributed by atoms with Gasteiger partial charge >= 0.3 is 0 Å². The van der Waals surface area contributed by atoms with Crippen molar-refractivity contribution in [1.82, 2.24) is 0 Å². The van der Waals surface area contributed by atoms with Crippen molar-refractivity contribution < 1.29 is 9.84 Å². The van der Waals surface area contributed by atoms with Crippen LogP contribution in [0, 0.1) is 46.3 Å². The molecule has 4 rings (SSSR count). The van der Waals surface area contributed by atoms with Crippen LogP contribution in [0.25, 0.3) is 0 Å². The highest BCUT2D eigenvalue weighted by Gasteiger charge is 2.59. The number of rotatable bonds is 8. The van der Waals surface area contributed by atoms with Crippen LogP contribution in [0.15, 0.2) is 11.6 Å². The van der Waals surface area contributed by atoms with E-state index in [1.807, 2.05) is 0 Å². The van der Waals surface area contributed by atoms with Crippen molar-refractivity contribution in [1.29, 1.82) is 0 Å². The molecule has 0 aromatic carbocycles. The van der Waals surface area contributed by atoms with Gasteiger partial charge in [0.15, 0.2) is 0 Å². The molecular weight excluding hydrogens is 380 g/mol. The first-order valence-corrected chi connectivity index (χ1v) is 13.7. The largest absolute Gasteiger partial charge is 0.394 e. The highest BCUT2D eigenvalue weighted by molar-refractivity contribution is 5.25. The average molecular weight is 431 g/mol.